The fourth-order valence-electron chi connectivity index (χ4n) is 4.37. The normalized spacial score (nSPS) is 12.1. The molecule has 3 aromatic carbocycles. The molecule has 0 spiro atoms. The number of imidazole rings is 1. The number of unbranched alkanes of at least 4 members (excludes halogenated alkanes) is 1. The standard InChI is InChI=1S/C29H33ClN4O3S.Na/c1-4-6-7-28-32-26-17-12-22(30)19-27(26)34(28)24-13-10-21(11-14-24)18-23(5-2)31-29(35)33-38(36,37)25-15-8-20(3)9-16-25;/h8-17,19,23H,4-7,18H2,1-3H3,(H2,31,33,35);. The van der Waals surface area contributed by atoms with Crippen molar-refractivity contribution in [2.75, 3.05) is 0 Å². The Kier molecular flexibility index (Phi) is 11.0. The molecule has 1 radical (unpaired) electrons. The Hall–Kier alpha value is -2.36. The van der Waals surface area contributed by atoms with Crippen molar-refractivity contribution in [1.82, 2.24) is 19.6 Å². The van der Waals surface area contributed by atoms with Crippen LogP contribution in [0.5, 0.6) is 0 Å². The fourth-order valence-corrected chi connectivity index (χ4v) is 5.45. The second-order valence-electron chi connectivity index (χ2n) is 9.47. The van der Waals surface area contributed by atoms with Gasteiger partial charge in [-0.3, -0.25) is 4.57 Å². The molecule has 4 rings (SSSR count). The average Bonchev–Trinajstić information content (AvgIpc) is 3.24. The first-order valence-electron chi connectivity index (χ1n) is 12.9. The van der Waals surface area contributed by atoms with Crippen LogP contribution in [0.25, 0.3) is 16.7 Å². The molecular weight excluding hydrogens is 543 g/mol. The van der Waals surface area contributed by atoms with E-state index in [1.54, 1.807) is 12.1 Å². The summed E-state index contributed by atoms with van der Waals surface area (Å²) in [5, 5.41) is 3.46. The van der Waals surface area contributed by atoms with Gasteiger partial charge < -0.3 is 5.32 Å². The molecule has 0 aliphatic heterocycles. The molecular formula is C29H33ClN4NaO3S. The maximum atomic E-state index is 12.6. The molecule has 2 N–H and O–H groups in total. The van der Waals surface area contributed by atoms with E-state index in [1.165, 1.54) is 12.1 Å². The van der Waals surface area contributed by atoms with E-state index in [9.17, 15) is 13.2 Å². The summed E-state index contributed by atoms with van der Waals surface area (Å²) in [6.07, 6.45) is 4.20. The average molecular weight is 576 g/mol. The summed E-state index contributed by atoms with van der Waals surface area (Å²) in [7, 11) is -3.95. The zero-order valence-corrected chi connectivity index (χ0v) is 26.4. The Morgan fingerprint density at radius 2 is 1.72 bits per heavy atom. The van der Waals surface area contributed by atoms with Crippen LogP contribution in [0.15, 0.2) is 71.6 Å². The summed E-state index contributed by atoms with van der Waals surface area (Å²) in [6.45, 7) is 5.98. The number of aromatic nitrogens is 2. The fraction of sp³-hybridized carbons (Fsp3) is 0.310. The molecule has 1 atom stereocenters. The Morgan fingerprint density at radius 3 is 2.36 bits per heavy atom. The van der Waals surface area contributed by atoms with E-state index in [0.29, 0.717) is 17.9 Å². The number of halogens is 1. The molecule has 39 heavy (non-hydrogen) atoms. The van der Waals surface area contributed by atoms with Gasteiger partial charge in [-0.2, -0.15) is 0 Å². The molecule has 0 saturated heterocycles. The summed E-state index contributed by atoms with van der Waals surface area (Å²) >= 11 is 6.29. The van der Waals surface area contributed by atoms with E-state index >= 15 is 0 Å². The van der Waals surface area contributed by atoms with E-state index in [2.05, 4.69) is 21.5 Å². The quantitative estimate of drug-likeness (QED) is 0.228. The molecule has 201 valence electrons. The van der Waals surface area contributed by atoms with Crippen LogP contribution in [0.1, 0.15) is 50.1 Å². The third kappa shape index (κ3) is 7.86. The maximum Gasteiger partial charge on any atom is 0.328 e. The van der Waals surface area contributed by atoms with Crippen molar-refractivity contribution in [1.29, 1.82) is 0 Å². The number of benzene rings is 3. The van der Waals surface area contributed by atoms with Gasteiger partial charge >= 0.3 is 6.03 Å². The van der Waals surface area contributed by atoms with Crippen molar-refractivity contribution in [3.63, 3.8) is 0 Å². The number of hydrogen-bond donors (Lipinski definition) is 2. The van der Waals surface area contributed by atoms with Crippen LogP contribution in [0, 0.1) is 6.92 Å². The first-order valence-corrected chi connectivity index (χ1v) is 14.7. The van der Waals surface area contributed by atoms with Crippen LogP contribution in [-0.4, -0.2) is 59.6 Å². The predicted molar refractivity (Wildman–Crippen MR) is 158 cm³/mol. The van der Waals surface area contributed by atoms with Crippen molar-refractivity contribution in [2.45, 2.75) is 63.8 Å². The van der Waals surface area contributed by atoms with E-state index in [-0.39, 0.29) is 40.5 Å². The van der Waals surface area contributed by atoms with Crippen LogP contribution in [0.2, 0.25) is 5.02 Å². The van der Waals surface area contributed by atoms with Crippen molar-refractivity contribution in [3.8, 4) is 5.69 Å². The van der Waals surface area contributed by atoms with Crippen LogP contribution in [0.4, 0.5) is 4.79 Å². The monoisotopic (exact) mass is 575 g/mol. The molecule has 10 heteroatoms. The first-order chi connectivity index (χ1) is 18.2. The second-order valence-corrected chi connectivity index (χ2v) is 11.6. The van der Waals surface area contributed by atoms with Gasteiger partial charge in [0.15, 0.2) is 0 Å². The number of fused-ring (bicyclic) bond motifs is 1. The number of rotatable bonds is 10. The van der Waals surface area contributed by atoms with Gasteiger partial charge in [-0.25, -0.2) is 22.9 Å². The topological polar surface area (TPSA) is 93.1 Å². The number of aryl methyl sites for hydroxylation is 2. The van der Waals surface area contributed by atoms with Crippen molar-refractivity contribution in [3.05, 3.63) is 88.7 Å². The molecule has 7 nitrogen and oxygen atoms in total. The minimum absolute atomic E-state index is 0. The Morgan fingerprint density at radius 1 is 1.03 bits per heavy atom. The minimum Gasteiger partial charge on any atom is -0.334 e. The number of nitrogens with one attached hydrogen (secondary N) is 2. The number of carbonyl (C=O) groups is 1. The smallest absolute Gasteiger partial charge is 0.328 e. The number of nitrogens with zero attached hydrogens (tertiary/aromatic N) is 2. The maximum absolute atomic E-state index is 12.6. The van der Waals surface area contributed by atoms with Gasteiger partial charge in [0.2, 0.25) is 0 Å². The van der Waals surface area contributed by atoms with Crippen LogP contribution in [0.3, 0.4) is 0 Å². The molecule has 0 bridgehead atoms. The summed E-state index contributed by atoms with van der Waals surface area (Å²) in [5.74, 6) is 0.997. The van der Waals surface area contributed by atoms with Crippen LogP contribution in [-0.2, 0) is 22.9 Å². The molecule has 4 aromatic rings. The number of hydrogen-bond acceptors (Lipinski definition) is 4. The number of amides is 2. The number of sulfonamides is 1. The van der Waals surface area contributed by atoms with Gasteiger partial charge in [0.05, 0.1) is 15.9 Å². The van der Waals surface area contributed by atoms with E-state index in [0.717, 1.165) is 52.9 Å². The van der Waals surface area contributed by atoms with E-state index in [1.807, 2.05) is 56.3 Å². The minimum atomic E-state index is -3.95. The zero-order valence-electron chi connectivity index (χ0n) is 22.9. The number of urea groups is 1. The molecule has 2 amide bonds. The molecule has 1 aromatic heterocycles. The summed E-state index contributed by atoms with van der Waals surface area (Å²) in [4.78, 5) is 17.4. The third-order valence-corrected chi connectivity index (χ3v) is 8.08. The Bertz CT molecular complexity index is 1520. The Labute approximate surface area is 257 Å². The van der Waals surface area contributed by atoms with Crippen molar-refractivity contribution < 1.29 is 13.2 Å². The van der Waals surface area contributed by atoms with Gasteiger partial charge in [0.25, 0.3) is 10.0 Å². The van der Waals surface area contributed by atoms with E-state index in [4.69, 9.17) is 16.6 Å². The molecule has 0 aliphatic carbocycles. The van der Waals surface area contributed by atoms with Crippen LogP contribution < -0.4 is 10.0 Å². The molecule has 1 unspecified atom stereocenters. The second kappa shape index (κ2) is 13.8. The van der Waals surface area contributed by atoms with Gasteiger partial charge in [0.1, 0.15) is 5.82 Å². The van der Waals surface area contributed by atoms with Gasteiger partial charge in [0, 0.05) is 52.7 Å². The third-order valence-electron chi connectivity index (χ3n) is 6.50. The largest absolute Gasteiger partial charge is 0.334 e. The summed E-state index contributed by atoms with van der Waals surface area (Å²) < 4.78 is 29.4. The van der Waals surface area contributed by atoms with E-state index < -0.39 is 16.1 Å². The summed E-state index contributed by atoms with van der Waals surface area (Å²) in [5.41, 5.74) is 4.84. The summed E-state index contributed by atoms with van der Waals surface area (Å²) in [6, 6.07) is 19.3. The SMILES string of the molecule is CCCCc1nc2ccc(Cl)cc2n1-c1ccc(CC(CC)NC(=O)NS(=O)(=O)c2ccc(C)cc2)cc1.[Na]. The van der Waals surface area contributed by atoms with Crippen molar-refractivity contribution >= 4 is 68.2 Å². The molecule has 0 fully saturated rings. The Balaban J connectivity index is 0.00000420. The molecule has 0 saturated carbocycles. The van der Waals surface area contributed by atoms with Crippen LogP contribution >= 0.6 is 11.6 Å². The van der Waals surface area contributed by atoms with Gasteiger partial charge in [-0.1, -0.05) is 61.7 Å². The van der Waals surface area contributed by atoms with Gasteiger partial charge in [-0.05, 0) is 74.2 Å². The predicted octanol–water partition coefficient (Wildman–Crippen LogP) is 5.96. The van der Waals surface area contributed by atoms with Gasteiger partial charge in [-0.15, -0.1) is 0 Å². The zero-order chi connectivity index (χ0) is 27.3. The number of carbonyl (C=O) groups excluding carboxylic acids is 1. The molecule has 0 aliphatic rings. The molecule has 1 heterocycles. The first kappa shape index (κ1) is 31.2. The van der Waals surface area contributed by atoms with Crippen molar-refractivity contribution in [2.24, 2.45) is 0 Å².